The Bertz CT molecular complexity index is 398. The fourth-order valence-electron chi connectivity index (χ4n) is 2.65. The monoisotopic (exact) mass is 303 g/mol. The molecular weight excluding hydrogens is 266 g/mol. The Hall–Kier alpha value is -1.24. The third-order valence-electron chi connectivity index (χ3n) is 4.07. The van der Waals surface area contributed by atoms with Crippen molar-refractivity contribution in [3.8, 4) is 0 Å². The highest BCUT2D eigenvalue weighted by Gasteiger charge is 2.10. The first-order valence-electron chi connectivity index (χ1n) is 8.86. The summed E-state index contributed by atoms with van der Waals surface area (Å²) in [6.07, 6.45) is 13.2. The summed E-state index contributed by atoms with van der Waals surface area (Å²) in [5.41, 5.74) is 5.18. The first-order valence-corrected chi connectivity index (χ1v) is 8.86. The van der Waals surface area contributed by atoms with Gasteiger partial charge in [-0.1, -0.05) is 63.8 Å². The molecule has 1 atom stereocenters. The minimum absolute atomic E-state index is 0.580. The maximum atomic E-state index is 4.08. The smallest absolute Gasteiger partial charge is 0.0267 e. The van der Waals surface area contributed by atoms with Gasteiger partial charge < -0.3 is 5.32 Å². The van der Waals surface area contributed by atoms with Crippen molar-refractivity contribution in [2.24, 2.45) is 5.92 Å². The molecule has 0 aliphatic carbocycles. The quantitative estimate of drug-likeness (QED) is 0.245. The van der Waals surface area contributed by atoms with Crippen molar-refractivity contribution < 1.29 is 0 Å². The fourth-order valence-corrected chi connectivity index (χ4v) is 2.65. The molecule has 0 rings (SSSR count). The molecule has 0 aliphatic rings. The minimum Gasteiger partial charge on any atom is -0.389 e. The number of likely N-dealkylation sites (N-methyl/N-ethyl adjacent to an activating group) is 1. The molecular formula is C21H37N. The molecule has 0 fully saturated rings. The number of rotatable bonds is 12. The van der Waals surface area contributed by atoms with Crippen molar-refractivity contribution in [3.63, 3.8) is 0 Å². The van der Waals surface area contributed by atoms with Gasteiger partial charge in [-0.15, -0.1) is 6.58 Å². The molecule has 22 heavy (non-hydrogen) atoms. The van der Waals surface area contributed by atoms with E-state index >= 15 is 0 Å². The summed E-state index contributed by atoms with van der Waals surface area (Å²) in [5, 5.41) is 3.11. The first-order chi connectivity index (χ1) is 10.4. The van der Waals surface area contributed by atoms with Gasteiger partial charge in [0.1, 0.15) is 0 Å². The predicted octanol–water partition coefficient (Wildman–Crippen LogP) is 6.56. The van der Waals surface area contributed by atoms with Gasteiger partial charge in [-0.25, -0.2) is 0 Å². The van der Waals surface area contributed by atoms with E-state index in [1.54, 1.807) is 5.57 Å². The van der Waals surface area contributed by atoms with Crippen LogP contribution in [0.2, 0.25) is 0 Å². The van der Waals surface area contributed by atoms with Crippen LogP contribution in [0.25, 0.3) is 0 Å². The average molecular weight is 304 g/mol. The second-order valence-electron chi connectivity index (χ2n) is 6.44. The number of allylic oxidation sites excluding steroid dienone is 5. The Morgan fingerprint density at radius 1 is 1.09 bits per heavy atom. The van der Waals surface area contributed by atoms with Crippen molar-refractivity contribution in [3.05, 3.63) is 47.7 Å². The van der Waals surface area contributed by atoms with Crippen molar-refractivity contribution >= 4 is 0 Å². The second-order valence-corrected chi connectivity index (χ2v) is 6.44. The maximum absolute atomic E-state index is 4.08. The van der Waals surface area contributed by atoms with Crippen LogP contribution < -0.4 is 5.32 Å². The molecule has 0 amide bonds. The van der Waals surface area contributed by atoms with Crippen molar-refractivity contribution in [1.82, 2.24) is 5.32 Å². The van der Waals surface area contributed by atoms with E-state index < -0.39 is 0 Å². The lowest BCUT2D eigenvalue weighted by Gasteiger charge is -2.17. The second kappa shape index (κ2) is 12.3. The molecule has 0 aromatic rings. The summed E-state index contributed by atoms with van der Waals surface area (Å²) < 4.78 is 0. The lowest BCUT2D eigenvalue weighted by atomic mass is 9.88. The van der Waals surface area contributed by atoms with E-state index in [4.69, 9.17) is 0 Å². The van der Waals surface area contributed by atoms with E-state index in [2.05, 4.69) is 58.3 Å². The predicted molar refractivity (Wildman–Crippen MR) is 102 cm³/mol. The molecule has 0 heterocycles. The molecule has 0 saturated carbocycles. The molecule has 1 heteroatoms. The van der Waals surface area contributed by atoms with Crippen molar-refractivity contribution in [2.75, 3.05) is 7.05 Å². The summed E-state index contributed by atoms with van der Waals surface area (Å²) in [7, 11) is 1.92. The number of hydrogen-bond donors (Lipinski definition) is 1. The molecule has 1 unspecified atom stereocenters. The van der Waals surface area contributed by atoms with E-state index in [0.717, 1.165) is 18.5 Å². The van der Waals surface area contributed by atoms with Gasteiger partial charge in [0, 0.05) is 12.7 Å². The van der Waals surface area contributed by atoms with Gasteiger partial charge in [0.2, 0.25) is 0 Å². The van der Waals surface area contributed by atoms with E-state index in [0.29, 0.717) is 5.92 Å². The molecule has 0 radical (unpaired) electrons. The Labute approximate surface area is 139 Å². The zero-order valence-corrected chi connectivity index (χ0v) is 15.6. The summed E-state index contributed by atoms with van der Waals surface area (Å²) in [6, 6.07) is 0. The molecule has 0 saturated heterocycles. The molecule has 0 aromatic carbocycles. The minimum atomic E-state index is 0.580. The Morgan fingerprint density at radius 3 is 2.27 bits per heavy atom. The van der Waals surface area contributed by atoms with Crippen LogP contribution in [0, 0.1) is 5.92 Å². The summed E-state index contributed by atoms with van der Waals surface area (Å²) in [6.45, 7) is 17.0. The lowest BCUT2D eigenvalue weighted by Crippen LogP contribution is -2.04. The highest BCUT2D eigenvalue weighted by Crippen LogP contribution is 2.26. The van der Waals surface area contributed by atoms with E-state index in [1.165, 1.54) is 43.3 Å². The topological polar surface area (TPSA) is 12.0 Å². The third kappa shape index (κ3) is 9.65. The molecule has 0 aliphatic heterocycles. The highest BCUT2D eigenvalue weighted by molar-refractivity contribution is 5.31. The molecule has 0 aromatic heterocycles. The van der Waals surface area contributed by atoms with Crippen LogP contribution in [0.15, 0.2) is 47.7 Å². The van der Waals surface area contributed by atoms with Gasteiger partial charge in [-0.05, 0) is 50.2 Å². The van der Waals surface area contributed by atoms with E-state index in [9.17, 15) is 0 Å². The van der Waals surface area contributed by atoms with Crippen LogP contribution >= 0.6 is 0 Å². The average Bonchev–Trinajstić information content (AvgIpc) is 2.48. The normalized spacial score (nSPS) is 13.9. The van der Waals surface area contributed by atoms with Crippen LogP contribution in [0.5, 0.6) is 0 Å². The Kier molecular flexibility index (Phi) is 11.6. The van der Waals surface area contributed by atoms with Gasteiger partial charge >= 0.3 is 0 Å². The maximum Gasteiger partial charge on any atom is 0.0267 e. The zero-order valence-electron chi connectivity index (χ0n) is 15.6. The Balaban J connectivity index is 5.07. The molecule has 126 valence electrons. The van der Waals surface area contributed by atoms with Gasteiger partial charge in [0.15, 0.2) is 0 Å². The molecule has 1 N–H and O–H groups in total. The van der Waals surface area contributed by atoms with Crippen LogP contribution in [-0.2, 0) is 0 Å². The third-order valence-corrected chi connectivity index (χ3v) is 4.07. The number of unbranched alkanes of at least 4 members (excludes halogenated alkanes) is 3. The van der Waals surface area contributed by atoms with E-state index in [-0.39, 0.29) is 0 Å². The number of nitrogens with one attached hydrogen (secondary N) is 1. The Morgan fingerprint density at radius 2 is 1.77 bits per heavy atom. The summed E-state index contributed by atoms with van der Waals surface area (Å²) >= 11 is 0. The van der Waals surface area contributed by atoms with Crippen LogP contribution in [0.3, 0.4) is 0 Å². The first kappa shape index (κ1) is 20.8. The highest BCUT2D eigenvalue weighted by atomic mass is 14.8. The van der Waals surface area contributed by atoms with Gasteiger partial charge in [-0.2, -0.15) is 0 Å². The molecule has 0 spiro atoms. The number of hydrogen-bond acceptors (Lipinski definition) is 1. The SMILES string of the molecule is C=C(C)CC(C)/C(=C\C(=C/C(=C)NC)CC)CCCCCC. The lowest BCUT2D eigenvalue weighted by molar-refractivity contribution is 0.594. The van der Waals surface area contributed by atoms with Crippen LogP contribution in [-0.4, -0.2) is 7.05 Å². The van der Waals surface area contributed by atoms with Gasteiger partial charge in [0.05, 0.1) is 0 Å². The van der Waals surface area contributed by atoms with Gasteiger partial charge in [-0.3, -0.25) is 0 Å². The largest absolute Gasteiger partial charge is 0.389 e. The molecule has 1 nitrogen and oxygen atoms in total. The van der Waals surface area contributed by atoms with Gasteiger partial charge in [0.25, 0.3) is 0 Å². The van der Waals surface area contributed by atoms with Crippen LogP contribution in [0.4, 0.5) is 0 Å². The molecule has 0 bridgehead atoms. The van der Waals surface area contributed by atoms with Crippen molar-refractivity contribution in [1.29, 1.82) is 0 Å². The summed E-state index contributed by atoms with van der Waals surface area (Å²) in [5.74, 6) is 0.580. The van der Waals surface area contributed by atoms with E-state index in [1.807, 2.05) is 7.05 Å². The van der Waals surface area contributed by atoms with Crippen LogP contribution in [0.1, 0.15) is 72.6 Å². The standard InChI is InChI=1S/C21H37N/c1-8-10-11-12-13-21(18(5)14-17(3)4)16-20(9-2)15-19(6)22-7/h15-16,18,22H,3,6,8-14H2,1-2,4-5,7H3/b20-15-,21-16-. The van der Waals surface area contributed by atoms with Crippen molar-refractivity contribution in [2.45, 2.75) is 72.6 Å². The fraction of sp³-hybridized carbons (Fsp3) is 0.619. The summed E-state index contributed by atoms with van der Waals surface area (Å²) in [4.78, 5) is 0. The zero-order chi connectivity index (χ0) is 17.0.